The van der Waals surface area contributed by atoms with E-state index in [9.17, 15) is 32.3 Å². The van der Waals surface area contributed by atoms with Crippen LogP contribution in [0.1, 0.15) is 36.7 Å². The van der Waals surface area contributed by atoms with Gasteiger partial charge < -0.3 is 9.80 Å². The number of hydrogen-bond acceptors (Lipinski definition) is 4. The Morgan fingerprint density at radius 2 is 1.31 bits per heavy atom. The molecule has 0 unspecified atom stereocenters. The predicted molar refractivity (Wildman–Crippen MR) is 93.3 cm³/mol. The van der Waals surface area contributed by atoms with Crippen molar-refractivity contribution in [3.05, 3.63) is 35.4 Å². The number of likely N-dealkylation sites (N-methyl/N-ethyl adjacent to an activating group) is 2. The number of carbonyl (C=O) groups excluding carboxylic acids is 4. The van der Waals surface area contributed by atoms with Gasteiger partial charge in [-0.1, -0.05) is 0 Å². The maximum Gasteiger partial charge on any atom is 0.416 e. The van der Waals surface area contributed by atoms with Gasteiger partial charge in [0.15, 0.2) is 11.3 Å². The Labute approximate surface area is 164 Å². The largest absolute Gasteiger partial charge is 0.416 e. The lowest BCUT2D eigenvalue weighted by Crippen LogP contribution is -2.65. The van der Waals surface area contributed by atoms with Crippen molar-refractivity contribution in [2.24, 2.45) is 0 Å². The van der Waals surface area contributed by atoms with Crippen molar-refractivity contribution in [2.45, 2.75) is 38.3 Å². The Kier molecular flexibility index (Phi) is 4.23. The van der Waals surface area contributed by atoms with Crippen molar-refractivity contribution >= 4 is 23.9 Å². The minimum Gasteiger partial charge on any atom is -0.300 e. The van der Waals surface area contributed by atoms with Crippen molar-refractivity contribution < 1.29 is 32.3 Å². The van der Waals surface area contributed by atoms with Crippen LogP contribution in [0.4, 0.5) is 22.8 Å². The number of halogens is 3. The summed E-state index contributed by atoms with van der Waals surface area (Å²) >= 11 is 0. The highest BCUT2D eigenvalue weighted by Crippen LogP contribution is 2.50. The number of fused-ring (bicyclic) bond motifs is 1. The van der Waals surface area contributed by atoms with Crippen LogP contribution in [0.2, 0.25) is 0 Å². The Morgan fingerprint density at radius 1 is 0.862 bits per heavy atom. The first-order valence-electron chi connectivity index (χ1n) is 8.59. The Hall–Kier alpha value is -3.11. The molecule has 2 heterocycles. The summed E-state index contributed by atoms with van der Waals surface area (Å²) in [4.78, 5) is 55.0. The van der Waals surface area contributed by atoms with Crippen LogP contribution in [0.25, 0.3) is 0 Å². The standard InChI is InChI=1S/C18H19F3N4O4/c1-10(26)24-14(28)22(4)16(2)17(24,3)25(15(29)23(16)5)13(27)11-6-8-12(9-7-11)18(19,20)21/h6-9H,1-5H3/t16-,17+/m1/s1. The van der Waals surface area contributed by atoms with Gasteiger partial charge in [-0.25, -0.2) is 19.4 Å². The molecule has 156 valence electrons. The lowest BCUT2D eigenvalue weighted by molar-refractivity contribution is -0.137. The molecule has 1 aromatic rings. The topological polar surface area (TPSA) is 81.2 Å². The van der Waals surface area contributed by atoms with E-state index < -0.39 is 46.9 Å². The van der Waals surface area contributed by atoms with Crippen molar-refractivity contribution in [1.82, 2.24) is 19.6 Å². The first-order chi connectivity index (χ1) is 13.2. The van der Waals surface area contributed by atoms with Gasteiger partial charge in [0.1, 0.15) is 0 Å². The second-order valence-corrected chi connectivity index (χ2v) is 7.29. The van der Waals surface area contributed by atoms with Gasteiger partial charge in [-0.3, -0.25) is 9.59 Å². The van der Waals surface area contributed by atoms with E-state index in [0.29, 0.717) is 0 Å². The van der Waals surface area contributed by atoms with Crippen molar-refractivity contribution in [2.75, 3.05) is 14.1 Å². The van der Waals surface area contributed by atoms with Gasteiger partial charge in [-0.15, -0.1) is 0 Å². The molecule has 2 atom stereocenters. The van der Waals surface area contributed by atoms with E-state index in [0.717, 1.165) is 45.9 Å². The quantitative estimate of drug-likeness (QED) is 0.710. The molecule has 6 amide bonds. The number of carbonyl (C=O) groups is 4. The number of benzene rings is 1. The van der Waals surface area contributed by atoms with E-state index in [2.05, 4.69) is 0 Å². The molecule has 8 nitrogen and oxygen atoms in total. The fraction of sp³-hybridized carbons (Fsp3) is 0.444. The van der Waals surface area contributed by atoms with Crippen LogP contribution in [-0.2, 0) is 11.0 Å². The highest BCUT2D eigenvalue weighted by molar-refractivity contribution is 6.09. The van der Waals surface area contributed by atoms with Crippen molar-refractivity contribution in [3.63, 3.8) is 0 Å². The molecule has 0 aliphatic carbocycles. The Bertz CT molecular complexity index is 932. The lowest BCUT2D eigenvalue weighted by atomic mass is 9.94. The fourth-order valence-electron chi connectivity index (χ4n) is 4.09. The number of alkyl halides is 3. The highest BCUT2D eigenvalue weighted by atomic mass is 19.4. The van der Waals surface area contributed by atoms with E-state index in [1.54, 1.807) is 0 Å². The smallest absolute Gasteiger partial charge is 0.300 e. The van der Waals surface area contributed by atoms with Gasteiger partial charge in [-0.2, -0.15) is 13.2 Å². The average Bonchev–Trinajstić information content (AvgIpc) is 2.88. The third kappa shape index (κ3) is 2.39. The average molecular weight is 412 g/mol. The molecule has 2 saturated heterocycles. The molecule has 0 bridgehead atoms. The molecule has 0 saturated carbocycles. The summed E-state index contributed by atoms with van der Waals surface area (Å²) in [6.07, 6.45) is -4.58. The van der Waals surface area contributed by atoms with E-state index in [1.807, 2.05) is 0 Å². The zero-order chi connectivity index (χ0) is 22.1. The second kappa shape index (κ2) is 5.94. The molecule has 3 rings (SSSR count). The van der Waals surface area contributed by atoms with Crippen LogP contribution in [0.15, 0.2) is 24.3 Å². The molecular formula is C18H19F3N4O4. The molecule has 29 heavy (non-hydrogen) atoms. The first kappa shape index (κ1) is 20.6. The van der Waals surface area contributed by atoms with Crippen LogP contribution in [0.3, 0.4) is 0 Å². The van der Waals surface area contributed by atoms with Crippen LogP contribution in [-0.4, -0.2) is 68.9 Å². The minimum atomic E-state index is -4.58. The van der Waals surface area contributed by atoms with E-state index in [4.69, 9.17) is 0 Å². The summed E-state index contributed by atoms with van der Waals surface area (Å²) in [5.41, 5.74) is -4.23. The van der Waals surface area contributed by atoms with Gasteiger partial charge in [0.25, 0.3) is 5.91 Å². The van der Waals surface area contributed by atoms with Gasteiger partial charge in [-0.05, 0) is 38.1 Å². The monoisotopic (exact) mass is 412 g/mol. The highest BCUT2D eigenvalue weighted by Gasteiger charge is 2.75. The third-order valence-corrected chi connectivity index (χ3v) is 6.01. The second-order valence-electron chi connectivity index (χ2n) is 7.29. The Morgan fingerprint density at radius 3 is 1.72 bits per heavy atom. The van der Waals surface area contributed by atoms with Crippen molar-refractivity contribution in [1.29, 1.82) is 0 Å². The van der Waals surface area contributed by atoms with Crippen LogP contribution < -0.4 is 0 Å². The molecule has 2 fully saturated rings. The molecule has 0 N–H and O–H groups in total. The van der Waals surface area contributed by atoms with Crippen LogP contribution >= 0.6 is 0 Å². The molecule has 0 aromatic heterocycles. The molecule has 2 aliphatic rings. The molecule has 2 aliphatic heterocycles. The number of urea groups is 2. The number of amides is 6. The first-order valence-corrected chi connectivity index (χ1v) is 8.59. The molecule has 11 heteroatoms. The normalized spacial score (nSPS) is 27.0. The maximum atomic E-state index is 13.2. The van der Waals surface area contributed by atoms with Crippen LogP contribution in [0, 0.1) is 0 Å². The molecule has 0 spiro atoms. The van der Waals surface area contributed by atoms with E-state index in [1.165, 1.54) is 32.8 Å². The number of hydrogen-bond donors (Lipinski definition) is 0. The lowest BCUT2D eigenvalue weighted by Gasteiger charge is -2.42. The summed E-state index contributed by atoms with van der Waals surface area (Å²) in [7, 11) is 2.79. The van der Waals surface area contributed by atoms with Crippen LogP contribution in [0.5, 0.6) is 0 Å². The zero-order valence-electron chi connectivity index (χ0n) is 16.4. The van der Waals surface area contributed by atoms with Crippen molar-refractivity contribution in [3.8, 4) is 0 Å². The van der Waals surface area contributed by atoms with Gasteiger partial charge in [0.2, 0.25) is 5.91 Å². The minimum absolute atomic E-state index is 0.185. The zero-order valence-corrected chi connectivity index (χ0v) is 16.4. The molecule has 1 aromatic carbocycles. The number of imide groups is 2. The summed E-state index contributed by atoms with van der Waals surface area (Å²) < 4.78 is 38.4. The Balaban J connectivity index is 2.13. The SMILES string of the molecule is CC(=O)N1C(=O)N(C)[C@]2(C)N(C)C(=O)N(C(=O)c3ccc(C(F)(F)F)cc3)[C@]12C. The van der Waals surface area contributed by atoms with Gasteiger partial charge in [0.05, 0.1) is 5.56 Å². The number of nitrogens with zero attached hydrogens (tertiary/aromatic N) is 4. The predicted octanol–water partition coefficient (Wildman–Crippen LogP) is 2.56. The maximum absolute atomic E-state index is 13.2. The van der Waals surface area contributed by atoms with E-state index in [-0.39, 0.29) is 5.56 Å². The fourth-order valence-corrected chi connectivity index (χ4v) is 4.09. The molecular weight excluding hydrogens is 393 g/mol. The number of rotatable bonds is 1. The summed E-state index contributed by atoms with van der Waals surface area (Å²) in [5, 5.41) is 0. The summed E-state index contributed by atoms with van der Waals surface area (Å²) in [6.45, 7) is 4.07. The van der Waals surface area contributed by atoms with E-state index >= 15 is 0 Å². The van der Waals surface area contributed by atoms with Gasteiger partial charge in [0, 0.05) is 26.6 Å². The third-order valence-electron chi connectivity index (χ3n) is 6.01. The summed E-state index contributed by atoms with van der Waals surface area (Å²) in [6, 6.07) is 1.88. The molecule has 0 radical (unpaired) electrons. The summed E-state index contributed by atoms with van der Waals surface area (Å²) in [5.74, 6) is -1.60. The van der Waals surface area contributed by atoms with Gasteiger partial charge >= 0.3 is 18.2 Å².